The van der Waals surface area contributed by atoms with Crippen LogP contribution >= 0.6 is 11.6 Å². The number of hydrogen-bond acceptors (Lipinski definition) is 4. The number of tetrazole rings is 1. The van der Waals surface area contributed by atoms with Crippen LogP contribution in [0.1, 0.15) is 24.2 Å². The van der Waals surface area contributed by atoms with Crippen molar-refractivity contribution in [2.24, 2.45) is 5.92 Å². The third-order valence-corrected chi connectivity index (χ3v) is 5.20. The lowest BCUT2D eigenvalue weighted by Gasteiger charge is -2.31. The predicted octanol–water partition coefficient (Wildman–Crippen LogP) is 3.77. The van der Waals surface area contributed by atoms with Crippen LogP contribution < -0.4 is 0 Å². The molecule has 1 aliphatic rings. The van der Waals surface area contributed by atoms with Crippen molar-refractivity contribution in [1.82, 2.24) is 25.1 Å². The SMILES string of the molecule is Clc1ccc(CC2CCN(Cc3nnn(-c4ccccc4)n3)CC2)cc1. The van der Waals surface area contributed by atoms with Gasteiger partial charge in [-0.05, 0) is 73.3 Å². The van der Waals surface area contributed by atoms with Gasteiger partial charge in [0.2, 0.25) is 0 Å². The average Bonchev–Trinajstić information content (AvgIpc) is 3.14. The fourth-order valence-corrected chi connectivity index (χ4v) is 3.61. The van der Waals surface area contributed by atoms with E-state index in [1.807, 2.05) is 42.5 Å². The fraction of sp³-hybridized carbons (Fsp3) is 0.350. The highest BCUT2D eigenvalue weighted by Crippen LogP contribution is 2.23. The Kier molecular flexibility index (Phi) is 5.27. The number of aromatic nitrogens is 4. The number of nitrogens with zero attached hydrogens (tertiary/aromatic N) is 5. The minimum atomic E-state index is 0.736. The molecule has 2 heterocycles. The first kappa shape index (κ1) is 17.2. The van der Waals surface area contributed by atoms with E-state index in [0.29, 0.717) is 0 Å². The van der Waals surface area contributed by atoms with Gasteiger partial charge in [0.05, 0.1) is 12.2 Å². The van der Waals surface area contributed by atoms with Gasteiger partial charge in [-0.1, -0.05) is 41.9 Å². The molecule has 6 heteroatoms. The van der Waals surface area contributed by atoms with Crippen LogP contribution in [0.5, 0.6) is 0 Å². The van der Waals surface area contributed by atoms with Crippen molar-refractivity contribution < 1.29 is 0 Å². The zero-order valence-corrected chi connectivity index (χ0v) is 15.4. The molecule has 1 saturated heterocycles. The molecular weight excluding hydrogens is 346 g/mol. The average molecular weight is 368 g/mol. The molecule has 0 saturated carbocycles. The minimum Gasteiger partial charge on any atom is -0.296 e. The van der Waals surface area contributed by atoms with E-state index in [-0.39, 0.29) is 0 Å². The summed E-state index contributed by atoms with van der Waals surface area (Å²) in [5, 5.41) is 13.7. The number of hydrogen-bond donors (Lipinski definition) is 0. The number of halogens is 1. The van der Waals surface area contributed by atoms with Crippen LogP contribution in [-0.2, 0) is 13.0 Å². The first-order valence-corrected chi connectivity index (χ1v) is 9.45. The fourth-order valence-electron chi connectivity index (χ4n) is 3.48. The molecule has 134 valence electrons. The number of rotatable bonds is 5. The molecule has 0 amide bonds. The zero-order chi connectivity index (χ0) is 17.8. The maximum atomic E-state index is 5.97. The van der Waals surface area contributed by atoms with Crippen LogP contribution in [0.4, 0.5) is 0 Å². The van der Waals surface area contributed by atoms with E-state index in [0.717, 1.165) is 48.5 Å². The summed E-state index contributed by atoms with van der Waals surface area (Å²) in [6.45, 7) is 2.93. The second-order valence-corrected chi connectivity index (χ2v) is 7.32. The van der Waals surface area contributed by atoms with Crippen LogP contribution in [0.25, 0.3) is 5.69 Å². The monoisotopic (exact) mass is 367 g/mol. The molecule has 0 N–H and O–H groups in total. The summed E-state index contributed by atoms with van der Waals surface area (Å²) in [4.78, 5) is 4.02. The second-order valence-electron chi connectivity index (χ2n) is 6.88. The van der Waals surface area contributed by atoms with Gasteiger partial charge in [-0.15, -0.1) is 15.0 Å². The van der Waals surface area contributed by atoms with E-state index < -0.39 is 0 Å². The summed E-state index contributed by atoms with van der Waals surface area (Å²) in [7, 11) is 0. The van der Waals surface area contributed by atoms with E-state index in [1.165, 1.54) is 18.4 Å². The van der Waals surface area contributed by atoms with E-state index in [2.05, 4.69) is 32.4 Å². The Hall–Kier alpha value is -2.24. The Bertz CT molecular complexity index is 823. The predicted molar refractivity (Wildman–Crippen MR) is 102 cm³/mol. The summed E-state index contributed by atoms with van der Waals surface area (Å²) in [5.74, 6) is 1.52. The van der Waals surface area contributed by atoms with E-state index in [4.69, 9.17) is 11.6 Å². The Labute approximate surface area is 158 Å². The normalized spacial score (nSPS) is 16.0. The highest BCUT2D eigenvalue weighted by molar-refractivity contribution is 6.30. The van der Waals surface area contributed by atoms with Gasteiger partial charge in [-0.3, -0.25) is 4.90 Å². The summed E-state index contributed by atoms with van der Waals surface area (Å²) < 4.78 is 0. The third-order valence-electron chi connectivity index (χ3n) is 4.95. The number of para-hydroxylation sites is 1. The zero-order valence-electron chi connectivity index (χ0n) is 14.6. The lowest BCUT2D eigenvalue weighted by molar-refractivity contribution is 0.173. The minimum absolute atomic E-state index is 0.736. The molecule has 1 aromatic heterocycles. The lowest BCUT2D eigenvalue weighted by Crippen LogP contribution is -2.34. The summed E-state index contributed by atoms with van der Waals surface area (Å²) in [6.07, 6.45) is 3.54. The molecule has 26 heavy (non-hydrogen) atoms. The Morgan fingerprint density at radius 3 is 2.42 bits per heavy atom. The van der Waals surface area contributed by atoms with Crippen molar-refractivity contribution >= 4 is 11.6 Å². The molecular formula is C20H22ClN5. The van der Waals surface area contributed by atoms with E-state index in [9.17, 15) is 0 Å². The topological polar surface area (TPSA) is 46.8 Å². The molecule has 1 aliphatic heterocycles. The summed E-state index contributed by atoms with van der Waals surface area (Å²) in [6, 6.07) is 18.1. The van der Waals surface area contributed by atoms with Gasteiger partial charge in [0, 0.05) is 5.02 Å². The van der Waals surface area contributed by atoms with E-state index in [1.54, 1.807) is 4.80 Å². The molecule has 2 aromatic carbocycles. The van der Waals surface area contributed by atoms with Crippen LogP contribution in [0, 0.1) is 5.92 Å². The first-order valence-electron chi connectivity index (χ1n) is 9.07. The molecule has 5 nitrogen and oxygen atoms in total. The number of benzene rings is 2. The molecule has 0 aliphatic carbocycles. The Morgan fingerprint density at radius 1 is 0.962 bits per heavy atom. The molecule has 4 rings (SSSR count). The maximum absolute atomic E-state index is 5.97. The third kappa shape index (κ3) is 4.29. The second kappa shape index (κ2) is 7.98. The first-order chi connectivity index (χ1) is 12.8. The smallest absolute Gasteiger partial charge is 0.189 e. The number of piperidine rings is 1. The van der Waals surface area contributed by atoms with Crippen LogP contribution in [0.3, 0.4) is 0 Å². The van der Waals surface area contributed by atoms with Crippen molar-refractivity contribution in [3.63, 3.8) is 0 Å². The Balaban J connectivity index is 1.29. The van der Waals surface area contributed by atoms with Crippen LogP contribution in [0.2, 0.25) is 5.02 Å². The molecule has 1 fully saturated rings. The van der Waals surface area contributed by atoms with Gasteiger partial charge >= 0.3 is 0 Å². The van der Waals surface area contributed by atoms with E-state index >= 15 is 0 Å². The summed E-state index contributed by atoms with van der Waals surface area (Å²) >= 11 is 5.97. The van der Waals surface area contributed by atoms with Crippen LogP contribution in [-0.4, -0.2) is 38.2 Å². The quantitative estimate of drug-likeness (QED) is 0.688. The largest absolute Gasteiger partial charge is 0.296 e. The van der Waals surface area contributed by atoms with Gasteiger partial charge in [0.15, 0.2) is 5.82 Å². The number of likely N-dealkylation sites (tertiary alicyclic amines) is 1. The highest BCUT2D eigenvalue weighted by atomic mass is 35.5. The Morgan fingerprint density at radius 2 is 1.69 bits per heavy atom. The van der Waals surface area contributed by atoms with Crippen molar-refractivity contribution in [3.05, 3.63) is 71.0 Å². The maximum Gasteiger partial charge on any atom is 0.189 e. The lowest BCUT2D eigenvalue weighted by atomic mass is 9.90. The van der Waals surface area contributed by atoms with Crippen molar-refractivity contribution in [1.29, 1.82) is 0 Å². The van der Waals surface area contributed by atoms with Crippen LogP contribution in [0.15, 0.2) is 54.6 Å². The summed E-state index contributed by atoms with van der Waals surface area (Å²) in [5.41, 5.74) is 2.31. The van der Waals surface area contributed by atoms with Crippen molar-refractivity contribution in [3.8, 4) is 5.69 Å². The van der Waals surface area contributed by atoms with Gasteiger partial charge in [0.25, 0.3) is 0 Å². The van der Waals surface area contributed by atoms with Gasteiger partial charge in [-0.2, -0.15) is 0 Å². The standard InChI is InChI=1S/C20H22ClN5/c21-18-8-6-16(7-9-18)14-17-10-12-25(13-11-17)15-20-22-24-26(23-20)19-4-2-1-3-5-19/h1-9,17H,10-15H2. The molecule has 0 bridgehead atoms. The van der Waals surface area contributed by atoms with Crippen molar-refractivity contribution in [2.45, 2.75) is 25.8 Å². The van der Waals surface area contributed by atoms with Gasteiger partial charge in [0.1, 0.15) is 0 Å². The highest BCUT2D eigenvalue weighted by Gasteiger charge is 2.21. The molecule has 3 aromatic rings. The van der Waals surface area contributed by atoms with Gasteiger partial charge in [-0.25, -0.2) is 0 Å². The molecule has 0 unspecified atom stereocenters. The van der Waals surface area contributed by atoms with Crippen molar-refractivity contribution in [2.75, 3.05) is 13.1 Å². The molecule has 0 spiro atoms. The van der Waals surface area contributed by atoms with Gasteiger partial charge < -0.3 is 0 Å². The molecule has 0 atom stereocenters. The molecule has 0 radical (unpaired) electrons.